The molecule has 0 fully saturated rings. The van der Waals surface area contributed by atoms with Gasteiger partial charge >= 0.3 is 0 Å². The predicted molar refractivity (Wildman–Crippen MR) is 206 cm³/mol. The minimum absolute atomic E-state index is 0.794. The fourth-order valence-corrected chi connectivity index (χ4v) is 8.29. The van der Waals surface area contributed by atoms with E-state index in [0.717, 1.165) is 56.2 Å². The summed E-state index contributed by atoms with van der Waals surface area (Å²) in [6.45, 7) is 0. The lowest BCUT2D eigenvalue weighted by atomic mass is 9.84. The number of hydrogen-bond donors (Lipinski definition) is 0. The van der Waals surface area contributed by atoms with Crippen LogP contribution in [0.2, 0.25) is 0 Å². The second-order valence-corrected chi connectivity index (χ2v) is 13.0. The quantitative estimate of drug-likeness (QED) is 0.189. The average Bonchev–Trinajstić information content (AvgIpc) is 3.70. The molecule has 3 aromatic heterocycles. The van der Waals surface area contributed by atoms with Gasteiger partial charge < -0.3 is 4.57 Å². The number of rotatable bonds is 2. The van der Waals surface area contributed by atoms with Crippen molar-refractivity contribution in [1.29, 1.82) is 0 Å². The van der Waals surface area contributed by atoms with E-state index in [-0.39, 0.29) is 0 Å². The van der Waals surface area contributed by atoms with E-state index in [1.54, 1.807) is 0 Å². The fourth-order valence-electron chi connectivity index (χ4n) is 8.29. The maximum atomic E-state index is 5.56. The van der Waals surface area contributed by atoms with Crippen molar-refractivity contribution >= 4 is 43.6 Å². The van der Waals surface area contributed by atoms with Gasteiger partial charge in [-0.1, -0.05) is 127 Å². The molecule has 10 aromatic rings. The summed E-state index contributed by atoms with van der Waals surface area (Å²) in [5, 5.41) is 4.88. The SMILES string of the molecule is c1ccc(-n2c3ccccc3c3c4c5ccccc5n(-c5cnc6c(n5)-c5ccccc5-c5ccccc5-c5ccccc5-6)c4ccc32)cc1. The molecule has 0 saturated heterocycles. The van der Waals surface area contributed by atoms with Crippen LogP contribution in [0.15, 0.2) is 170 Å². The maximum Gasteiger partial charge on any atom is 0.156 e. The Labute approximate surface area is 288 Å². The molecule has 3 heterocycles. The van der Waals surface area contributed by atoms with Crippen molar-refractivity contribution in [3.8, 4) is 56.3 Å². The molecule has 0 bridgehead atoms. The topological polar surface area (TPSA) is 35.6 Å². The molecule has 0 spiro atoms. The van der Waals surface area contributed by atoms with Gasteiger partial charge in [-0.15, -0.1) is 0 Å². The van der Waals surface area contributed by atoms with Crippen LogP contribution in [-0.4, -0.2) is 19.1 Å². The summed E-state index contributed by atoms with van der Waals surface area (Å²) in [7, 11) is 0. The van der Waals surface area contributed by atoms with Crippen LogP contribution < -0.4 is 0 Å². The Morgan fingerprint density at radius 1 is 0.340 bits per heavy atom. The molecule has 0 N–H and O–H groups in total. The first-order chi connectivity index (χ1) is 24.8. The largest absolute Gasteiger partial charge is 0.309 e. The molecule has 0 aliphatic heterocycles. The van der Waals surface area contributed by atoms with Crippen LogP contribution in [0.5, 0.6) is 0 Å². The molecule has 0 radical (unpaired) electrons. The van der Waals surface area contributed by atoms with Crippen molar-refractivity contribution in [2.45, 2.75) is 0 Å². The lowest BCUT2D eigenvalue weighted by Gasteiger charge is -2.22. The van der Waals surface area contributed by atoms with Gasteiger partial charge in [0.1, 0.15) is 0 Å². The van der Waals surface area contributed by atoms with E-state index in [2.05, 4.69) is 173 Å². The predicted octanol–water partition coefficient (Wildman–Crippen LogP) is 11.7. The molecule has 232 valence electrons. The zero-order chi connectivity index (χ0) is 32.8. The first-order valence-corrected chi connectivity index (χ1v) is 17.0. The Kier molecular flexibility index (Phi) is 5.63. The van der Waals surface area contributed by atoms with Crippen molar-refractivity contribution < 1.29 is 0 Å². The lowest BCUT2D eigenvalue weighted by molar-refractivity contribution is 1.05. The number of benzene rings is 7. The Bertz CT molecular complexity index is 2980. The highest BCUT2D eigenvalue weighted by Gasteiger charge is 2.26. The molecule has 50 heavy (non-hydrogen) atoms. The Hall–Kier alpha value is -6.78. The molecule has 1 aliphatic carbocycles. The normalized spacial score (nSPS) is 12.0. The fraction of sp³-hybridized carbons (Fsp3) is 0. The van der Waals surface area contributed by atoms with Gasteiger partial charge in [0.05, 0.1) is 39.7 Å². The minimum Gasteiger partial charge on any atom is -0.309 e. The maximum absolute atomic E-state index is 5.56. The Morgan fingerprint density at radius 2 is 0.780 bits per heavy atom. The number of para-hydroxylation sites is 3. The highest BCUT2D eigenvalue weighted by molar-refractivity contribution is 6.28. The van der Waals surface area contributed by atoms with E-state index in [1.807, 2.05) is 6.20 Å². The molecule has 1 aliphatic rings. The molecule has 0 amide bonds. The number of fused-ring (bicyclic) bond motifs is 15. The minimum atomic E-state index is 0.794. The average molecular weight is 637 g/mol. The van der Waals surface area contributed by atoms with E-state index in [4.69, 9.17) is 9.97 Å². The van der Waals surface area contributed by atoms with E-state index in [0.29, 0.717) is 0 Å². The van der Waals surface area contributed by atoms with Gasteiger partial charge in [0, 0.05) is 38.4 Å². The van der Waals surface area contributed by atoms with Crippen LogP contribution in [0.3, 0.4) is 0 Å². The van der Waals surface area contributed by atoms with Crippen molar-refractivity contribution in [1.82, 2.24) is 19.1 Å². The molecule has 0 atom stereocenters. The number of nitrogens with zero attached hydrogens (tertiary/aromatic N) is 4. The van der Waals surface area contributed by atoms with Crippen LogP contribution in [0, 0.1) is 0 Å². The monoisotopic (exact) mass is 636 g/mol. The molecule has 4 heteroatoms. The summed E-state index contributed by atoms with van der Waals surface area (Å²) >= 11 is 0. The highest BCUT2D eigenvalue weighted by Crippen LogP contribution is 2.47. The third-order valence-electron chi connectivity index (χ3n) is 10.3. The first kappa shape index (κ1) is 27.2. The van der Waals surface area contributed by atoms with Crippen LogP contribution in [-0.2, 0) is 0 Å². The summed E-state index contributed by atoms with van der Waals surface area (Å²) in [6, 6.07) is 58.5. The summed E-state index contributed by atoms with van der Waals surface area (Å²) in [6.07, 6.45) is 1.95. The first-order valence-electron chi connectivity index (χ1n) is 17.0. The van der Waals surface area contributed by atoms with Gasteiger partial charge in [-0.25, -0.2) is 4.98 Å². The van der Waals surface area contributed by atoms with Gasteiger partial charge in [0.25, 0.3) is 0 Å². The summed E-state index contributed by atoms with van der Waals surface area (Å²) in [5.74, 6) is 0.794. The van der Waals surface area contributed by atoms with Gasteiger partial charge in [0.15, 0.2) is 5.82 Å². The summed E-state index contributed by atoms with van der Waals surface area (Å²) in [4.78, 5) is 10.8. The molecule has 11 rings (SSSR count). The van der Waals surface area contributed by atoms with E-state index in [1.165, 1.54) is 43.7 Å². The highest BCUT2D eigenvalue weighted by atomic mass is 15.1. The third-order valence-corrected chi connectivity index (χ3v) is 10.3. The smallest absolute Gasteiger partial charge is 0.156 e. The number of hydrogen-bond acceptors (Lipinski definition) is 2. The molecule has 7 aromatic carbocycles. The Morgan fingerprint density at radius 3 is 1.38 bits per heavy atom. The van der Waals surface area contributed by atoms with Crippen LogP contribution >= 0.6 is 0 Å². The summed E-state index contributed by atoms with van der Waals surface area (Å²) < 4.78 is 4.68. The molecular formula is C46H28N4. The van der Waals surface area contributed by atoms with Gasteiger partial charge in [-0.05, 0) is 58.7 Å². The molecule has 4 nitrogen and oxygen atoms in total. The van der Waals surface area contributed by atoms with Gasteiger partial charge in [0.2, 0.25) is 0 Å². The van der Waals surface area contributed by atoms with E-state index >= 15 is 0 Å². The van der Waals surface area contributed by atoms with Crippen molar-refractivity contribution in [2.24, 2.45) is 0 Å². The third kappa shape index (κ3) is 3.70. The van der Waals surface area contributed by atoms with Gasteiger partial charge in [-0.2, -0.15) is 0 Å². The van der Waals surface area contributed by atoms with E-state index < -0.39 is 0 Å². The van der Waals surface area contributed by atoms with Gasteiger partial charge in [-0.3, -0.25) is 9.55 Å². The Balaban J connectivity index is 1.24. The van der Waals surface area contributed by atoms with Crippen molar-refractivity contribution in [3.05, 3.63) is 170 Å². The lowest BCUT2D eigenvalue weighted by Crippen LogP contribution is -2.05. The second kappa shape index (κ2) is 10.4. The standard InChI is InChI=1S/C46H28N4/c1-2-14-29(15-3-1)49-38-24-12-10-22-36(38)43-40(49)26-27-41-44(43)37-23-11-13-25-39(37)50(41)42-28-47-45-34-20-8-6-18-32(34)30-16-4-5-17-31(30)33-19-7-9-21-35(33)46(45)48-42/h1-28H. The van der Waals surface area contributed by atoms with Crippen molar-refractivity contribution in [2.75, 3.05) is 0 Å². The van der Waals surface area contributed by atoms with Crippen molar-refractivity contribution in [3.63, 3.8) is 0 Å². The number of aromatic nitrogens is 4. The summed E-state index contributed by atoms with van der Waals surface area (Å²) in [5.41, 5.74) is 14.4. The molecule has 0 unspecified atom stereocenters. The zero-order valence-corrected chi connectivity index (χ0v) is 27.0. The second-order valence-electron chi connectivity index (χ2n) is 13.0. The van der Waals surface area contributed by atoms with Crippen LogP contribution in [0.25, 0.3) is 99.9 Å². The molecular weight excluding hydrogens is 609 g/mol. The van der Waals surface area contributed by atoms with Crippen LogP contribution in [0.4, 0.5) is 0 Å². The molecule has 0 saturated carbocycles. The van der Waals surface area contributed by atoms with E-state index in [9.17, 15) is 0 Å². The zero-order valence-electron chi connectivity index (χ0n) is 27.0. The van der Waals surface area contributed by atoms with Crippen LogP contribution in [0.1, 0.15) is 0 Å².